The highest BCUT2D eigenvalue weighted by Gasteiger charge is 2.15. The third kappa shape index (κ3) is 7.05. The van der Waals surface area contributed by atoms with Crippen LogP contribution in [0.2, 0.25) is 0 Å². The van der Waals surface area contributed by atoms with Gasteiger partial charge in [-0.3, -0.25) is 9.59 Å². The van der Waals surface area contributed by atoms with Crippen molar-refractivity contribution in [3.63, 3.8) is 0 Å². The van der Waals surface area contributed by atoms with Gasteiger partial charge in [-0.2, -0.15) is 0 Å². The lowest BCUT2D eigenvalue weighted by molar-refractivity contribution is 0.0757. The van der Waals surface area contributed by atoms with Crippen molar-refractivity contribution in [2.45, 2.75) is 0 Å². The van der Waals surface area contributed by atoms with E-state index in [9.17, 15) is 9.59 Å². The Morgan fingerprint density at radius 3 is 1.75 bits per heavy atom. The van der Waals surface area contributed by atoms with E-state index >= 15 is 0 Å². The zero-order chi connectivity index (χ0) is 17.8. The average molecular weight is 338 g/mol. The van der Waals surface area contributed by atoms with Gasteiger partial charge in [0.15, 0.2) is 0 Å². The highest BCUT2D eigenvalue weighted by Crippen LogP contribution is 2.07. The molecule has 0 atom stereocenters. The minimum Gasteiger partial charge on any atom is -0.395 e. The number of benzene rings is 1. The van der Waals surface area contributed by atoms with Crippen LogP contribution in [0.1, 0.15) is 20.7 Å². The Morgan fingerprint density at radius 1 is 0.875 bits per heavy atom. The summed E-state index contributed by atoms with van der Waals surface area (Å²) in [6.45, 7) is 3.11. The van der Waals surface area contributed by atoms with E-state index in [1.807, 2.05) is 0 Å². The predicted octanol–water partition coefficient (Wildman–Crippen LogP) is -1.61. The van der Waals surface area contributed by atoms with Crippen LogP contribution >= 0.6 is 0 Å². The van der Waals surface area contributed by atoms with Gasteiger partial charge in [-0.1, -0.05) is 0 Å². The maximum absolute atomic E-state index is 12.6. The van der Waals surface area contributed by atoms with Crippen LogP contribution in [0, 0.1) is 0 Å². The molecular formula is C16H26N4O4. The summed E-state index contributed by atoms with van der Waals surface area (Å²) in [5.41, 5.74) is 6.03. The number of aliphatic hydroxyl groups excluding tert-OH is 2. The van der Waals surface area contributed by atoms with E-state index in [0.717, 1.165) is 0 Å². The zero-order valence-electron chi connectivity index (χ0n) is 13.7. The molecule has 1 aromatic rings. The highest BCUT2D eigenvalue weighted by atomic mass is 16.3. The second kappa shape index (κ2) is 11.5. The molecule has 0 heterocycles. The molecule has 8 nitrogen and oxygen atoms in total. The summed E-state index contributed by atoms with van der Waals surface area (Å²) in [5, 5.41) is 23.6. The number of nitrogens with zero attached hydrogens (tertiary/aromatic N) is 1. The zero-order valence-corrected chi connectivity index (χ0v) is 13.7. The van der Waals surface area contributed by atoms with Crippen LogP contribution in [0.15, 0.2) is 24.3 Å². The first-order chi connectivity index (χ1) is 11.6. The first kappa shape index (κ1) is 20.0. The topological polar surface area (TPSA) is 128 Å². The Kier molecular flexibility index (Phi) is 9.62. The number of hydrogen-bond donors (Lipinski definition) is 5. The summed E-state index contributed by atoms with van der Waals surface area (Å²) >= 11 is 0. The molecule has 8 heteroatoms. The Balaban J connectivity index is 2.67. The molecule has 0 aliphatic rings. The minimum absolute atomic E-state index is 0.0422. The first-order valence-corrected chi connectivity index (χ1v) is 7.92. The number of amides is 2. The second-order valence-electron chi connectivity index (χ2n) is 5.18. The average Bonchev–Trinajstić information content (AvgIpc) is 2.60. The van der Waals surface area contributed by atoms with Crippen molar-refractivity contribution in [1.29, 1.82) is 0 Å². The molecule has 24 heavy (non-hydrogen) atoms. The number of nitrogens with two attached hydrogens (primary N) is 1. The van der Waals surface area contributed by atoms with Crippen molar-refractivity contribution in [3.05, 3.63) is 35.4 Å². The molecule has 6 N–H and O–H groups in total. The molecule has 134 valence electrons. The molecule has 0 spiro atoms. The molecule has 0 saturated carbocycles. The smallest absolute Gasteiger partial charge is 0.253 e. The fraction of sp³-hybridized carbons (Fsp3) is 0.500. The Morgan fingerprint density at radius 2 is 1.33 bits per heavy atom. The number of hydrogen-bond acceptors (Lipinski definition) is 6. The van der Waals surface area contributed by atoms with Crippen LogP contribution in [0.25, 0.3) is 0 Å². The van der Waals surface area contributed by atoms with E-state index < -0.39 is 5.91 Å². The molecule has 1 aromatic carbocycles. The summed E-state index contributed by atoms with van der Waals surface area (Å²) in [7, 11) is 0. The lowest BCUT2D eigenvalue weighted by Crippen LogP contribution is -2.41. The van der Waals surface area contributed by atoms with Crippen molar-refractivity contribution in [3.8, 4) is 0 Å². The van der Waals surface area contributed by atoms with Gasteiger partial charge in [0.1, 0.15) is 0 Å². The van der Waals surface area contributed by atoms with E-state index in [2.05, 4.69) is 10.6 Å². The van der Waals surface area contributed by atoms with Gasteiger partial charge in [0.25, 0.3) is 5.91 Å². The van der Waals surface area contributed by atoms with Gasteiger partial charge in [-0.05, 0) is 24.3 Å². The number of aliphatic hydroxyl groups is 2. The monoisotopic (exact) mass is 338 g/mol. The van der Waals surface area contributed by atoms with E-state index in [4.69, 9.17) is 15.9 Å². The molecule has 0 unspecified atom stereocenters. The number of carbonyl (C=O) groups is 2. The Labute approximate surface area is 141 Å². The first-order valence-electron chi connectivity index (χ1n) is 7.92. The molecule has 0 fully saturated rings. The highest BCUT2D eigenvalue weighted by molar-refractivity contribution is 5.97. The normalized spacial score (nSPS) is 10.6. The van der Waals surface area contributed by atoms with Crippen molar-refractivity contribution in [2.24, 2.45) is 5.73 Å². The van der Waals surface area contributed by atoms with E-state index in [1.165, 1.54) is 12.1 Å². The van der Waals surface area contributed by atoms with Crippen molar-refractivity contribution >= 4 is 11.8 Å². The third-order valence-corrected chi connectivity index (χ3v) is 3.40. The van der Waals surface area contributed by atoms with E-state index in [0.29, 0.717) is 50.4 Å². The fourth-order valence-electron chi connectivity index (χ4n) is 2.11. The third-order valence-electron chi connectivity index (χ3n) is 3.40. The van der Waals surface area contributed by atoms with Crippen LogP contribution in [-0.2, 0) is 0 Å². The lowest BCUT2D eigenvalue weighted by atomic mass is 10.1. The standard InChI is InChI=1S/C16H26N4O4/c17-15(23)13-1-3-14(4-2-13)16(24)20(9-5-18-7-11-21)10-6-19-8-12-22/h1-4,18-19,21-22H,5-12H2,(H2,17,23). The molecule has 0 aromatic heterocycles. The minimum atomic E-state index is -0.535. The number of rotatable bonds is 12. The van der Waals surface area contributed by atoms with Gasteiger partial charge in [0.05, 0.1) is 13.2 Å². The molecule has 0 aliphatic heterocycles. The quantitative estimate of drug-likeness (QED) is 0.292. The predicted molar refractivity (Wildman–Crippen MR) is 90.8 cm³/mol. The van der Waals surface area contributed by atoms with Gasteiger partial charge < -0.3 is 31.5 Å². The summed E-state index contributed by atoms with van der Waals surface area (Å²) in [6.07, 6.45) is 0. The SMILES string of the molecule is NC(=O)c1ccc(C(=O)N(CCNCCO)CCNCCO)cc1. The summed E-state index contributed by atoms with van der Waals surface area (Å²) < 4.78 is 0. The van der Waals surface area contributed by atoms with Crippen molar-refractivity contribution in [1.82, 2.24) is 15.5 Å². The molecule has 0 radical (unpaired) electrons. The van der Waals surface area contributed by atoms with Gasteiger partial charge in [-0.15, -0.1) is 0 Å². The summed E-state index contributed by atoms with van der Waals surface area (Å²) in [5.74, 6) is -0.685. The van der Waals surface area contributed by atoms with Crippen LogP contribution in [0.5, 0.6) is 0 Å². The van der Waals surface area contributed by atoms with Gasteiger partial charge in [-0.25, -0.2) is 0 Å². The van der Waals surface area contributed by atoms with Crippen molar-refractivity contribution in [2.75, 3.05) is 52.5 Å². The molecule has 0 saturated heterocycles. The van der Waals surface area contributed by atoms with E-state index in [-0.39, 0.29) is 19.1 Å². The van der Waals surface area contributed by atoms with Crippen molar-refractivity contribution < 1.29 is 19.8 Å². The lowest BCUT2D eigenvalue weighted by Gasteiger charge is -2.23. The summed E-state index contributed by atoms with van der Waals surface area (Å²) in [6, 6.07) is 6.22. The van der Waals surface area contributed by atoms with Crippen LogP contribution in [-0.4, -0.2) is 79.4 Å². The molecule has 0 aliphatic carbocycles. The number of primary amides is 1. The van der Waals surface area contributed by atoms with Crippen LogP contribution in [0.3, 0.4) is 0 Å². The Bertz CT molecular complexity index is 495. The largest absolute Gasteiger partial charge is 0.395 e. The van der Waals surface area contributed by atoms with Gasteiger partial charge in [0, 0.05) is 50.4 Å². The maximum Gasteiger partial charge on any atom is 0.253 e. The molecular weight excluding hydrogens is 312 g/mol. The molecule has 1 rings (SSSR count). The van der Waals surface area contributed by atoms with E-state index in [1.54, 1.807) is 17.0 Å². The second-order valence-corrected chi connectivity index (χ2v) is 5.18. The van der Waals surface area contributed by atoms with Crippen LogP contribution < -0.4 is 16.4 Å². The maximum atomic E-state index is 12.6. The fourth-order valence-corrected chi connectivity index (χ4v) is 2.11. The number of carbonyl (C=O) groups excluding carboxylic acids is 2. The molecule has 0 bridgehead atoms. The van der Waals surface area contributed by atoms with Gasteiger partial charge in [0.2, 0.25) is 5.91 Å². The Hall–Kier alpha value is -2.00. The van der Waals surface area contributed by atoms with Crippen LogP contribution in [0.4, 0.5) is 0 Å². The summed E-state index contributed by atoms with van der Waals surface area (Å²) in [4.78, 5) is 25.4. The molecule has 2 amide bonds. The van der Waals surface area contributed by atoms with Gasteiger partial charge >= 0.3 is 0 Å². The number of nitrogens with one attached hydrogen (secondary N) is 2.